The highest BCUT2D eigenvalue weighted by Crippen LogP contribution is 2.33. The SMILES string of the molecule is CC1(c2ccccc2)CCCN(C(=O)Cn2cnnn2)C1. The van der Waals surface area contributed by atoms with Crippen LogP contribution in [-0.2, 0) is 16.8 Å². The Kier molecular flexibility index (Phi) is 3.68. The smallest absolute Gasteiger partial charge is 0.244 e. The molecular weight excluding hydrogens is 266 g/mol. The number of benzene rings is 1. The monoisotopic (exact) mass is 285 g/mol. The summed E-state index contributed by atoms with van der Waals surface area (Å²) < 4.78 is 1.47. The molecule has 2 heterocycles. The number of likely N-dealkylation sites (tertiary alicyclic amines) is 1. The Morgan fingerprint density at radius 1 is 1.33 bits per heavy atom. The highest BCUT2D eigenvalue weighted by molar-refractivity contribution is 5.76. The van der Waals surface area contributed by atoms with Crippen LogP contribution < -0.4 is 0 Å². The lowest BCUT2D eigenvalue weighted by Gasteiger charge is -2.41. The lowest BCUT2D eigenvalue weighted by molar-refractivity contribution is -0.134. The molecule has 1 aromatic carbocycles. The average molecular weight is 285 g/mol. The van der Waals surface area contributed by atoms with Gasteiger partial charge in [0, 0.05) is 18.5 Å². The molecule has 0 radical (unpaired) electrons. The first-order valence-electron chi connectivity index (χ1n) is 7.21. The fraction of sp³-hybridized carbons (Fsp3) is 0.467. The Labute approximate surface area is 123 Å². The van der Waals surface area contributed by atoms with Gasteiger partial charge in [0.25, 0.3) is 0 Å². The topological polar surface area (TPSA) is 63.9 Å². The second-order valence-corrected chi connectivity index (χ2v) is 5.85. The van der Waals surface area contributed by atoms with E-state index in [0.29, 0.717) is 0 Å². The number of amides is 1. The Balaban J connectivity index is 1.72. The first kappa shape index (κ1) is 13.7. The van der Waals surface area contributed by atoms with Crippen LogP contribution in [0.25, 0.3) is 0 Å². The minimum Gasteiger partial charge on any atom is -0.340 e. The van der Waals surface area contributed by atoms with E-state index in [2.05, 4.69) is 46.7 Å². The van der Waals surface area contributed by atoms with Crippen molar-refractivity contribution < 1.29 is 4.79 Å². The molecule has 110 valence electrons. The molecule has 1 saturated heterocycles. The van der Waals surface area contributed by atoms with Gasteiger partial charge in [-0.3, -0.25) is 4.79 Å². The Morgan fingerprint density at radius 2 is 2.14 bits per heavy atom. The van der Waals surface area contributed by atoms with Gasteiger partial charge in [0.1, 0.15) is 12.9 Å². The van der Waals surface area contributed by atoms with Crippen molar-refractivity contribution in [3.05, 3.63) is 42.2 Å². The number of hydrogen-bond donors (Lipinski definition) is 0. The molecule has 0 bridgehead atoms. The molecule has 3 rings (SSSR count). The minimum atomic E-state index is 0.0236. The van der Waals surface area contributed by atoms with Crippen molar-refractivity contribution in [3.63, 3.8) is 0 Å². The molecule has 1 amide bonds. The summed E-state index contributed by atoms with van der Waals surface area (Å²) in [6, 6.07) is 10.4. The molecular formula is C15H19N5O. The predicted molar refractivity (Wildman–Crippen MR) is 77.4 cm³/mol. The minimum absolute atomic E-state index is 0.0236. The van der Waals surface area contributed by atoms with Gasteiger partial charge in [-0.2, -0.15) is 0 Å². The molecule has 1 aliphatic rings. The zero-order valence-electron chi connectivity index (χ0n) is 12.1. The first-order valence-corrected chi connectivity index (χ1v) is 7.21. The molecule has 1 unspecified atom stereocenters. The van der Waals surface area contributed by atoms with Crippen LogP contribution in [-0.4, -0.2) is 44.1 Å². The fourth-order valence-corrected chi connectivity index (χ4v) is 3.02. The maximum absolute atomic E-state index is 12.4. The van der Waals surface area contributed by atoms with E-state index in [1.165, 1.54) is 16.6 Å². The van der Waals surface area contributed by atoms with E-state index in [9.17, 15) is 4.79 Å². The van der Waals surface area contributed by atoms with Gasteiger partial charge in [-0.15, -0.1) is 5.10 Å². The summed E-state index contributed by atoms with van der Waals surface area (Å²) >= 11 is 0. The number of carbonyl (C=O) groups is 1. The fourth-order valence-electron chi connectivity index (χ4n) is 3.02. The molecule has 1 aromatic heterocycles. The van der Waals surface area contributed by atoms with Gasteiger partial charge in [0.05, 0.1) is 0 Å². The van der Waals surface area contributed by atoms with Gasteiger partial charge in [0.2, 0.25) is 5.91 Å². The summed E-state index contributed by atoms with van der Waals surface area (Å²) in [5.74, 6) is 0.0733. The van der Waals surface area contributed by atoms with Gasteiger partial charge in [-0.25, -0.2) is 4.68 Å². The van der Waals surface area contributed by atoms with Crippen molar-refractivity contribution in [3.8, 4) is 0 Å². The maximum Gasteiger partial charge on any atom is 0.244 e. The zero-order chi connectivity index (χ0) is 14.7. The van der Waals surface area contributed by atoms with E-state index >= 15 is 0 Å². The van der Waals surface area contributed by atoms with Gasteiger partial charge in [-0.1, -0.05) is 37.3 Å². The lowest BCUT2D eigenvalue weighted by Crippen LogP contribution is -2.48. The van der Waals surface area contributed by atoms with Crippen molar-refractivity contribution in [1.29, 1.82) is 0 Å². The van der Waals surface area contributed by atoms with Crippen LogP contribution in [0.2, 0.25) is 0 Å². The van der Waals surface area contributed by atoms with Crippen molar-refractivity contribution in [2.45, 2.75) is 31.7 Å². The van der Waals surface area contributed by atoms with Crippen LogP contribution in [0.5, 0.6) is 0 Å². The van der Waals surface area contributed by atoms with E-state index in [1.54, 1.807) is 0 Å². The van der Waals surface area contributed by atoms with Gasteiger partial charge in [-0.05, 0) is 28.8 Å². The maximum atomic E-state index is 12.4. The Morgan fingerprint density at radius 3 is 2.86 bits per heavy atom. The standard InChI is InChI=1S/C15H19N5O/c1-15(13-6-3-2-4-7-13)8-5-9-19(11-15)14(21)10-20-12-16-17-18-20/h2-4,6-7,12H,5,8-11H2,1H3. The zero-order valence-corrected chi connectivity index (χ0v) is 12.1. The number of hydrogen-bond acceptors (Lipinski definition) is 4. The molecule has 6 heteroatoms. The number of rotatable bonds is 3. The van der Waals surface area contributed by atoms with Crippen molar-refractivity contribution >= 4 is 5.91 Å². The second kappa shape index (κ2) is 5.63. The second-order valence-electron chi connectivity index (χ2n) is 5.85. The van der Waals surface area contributed by atoms with Crippen LogP contribution in [0.15, 0.2) is 36.7 Å². The third kappa shape index (κ3) is 2.94. The summed E-state index contributed by atoms with van der Waals surface area (Å²) in [5, 5.41) is 10.9. The summed E-state index contributed by atoms with van der Waals surface area (Å²) in [7, 11) is 0. The van der Waals surface area contributed by atoms with Gasteiger partial charge >= 0.3 is 0 Å². The van der Waals surface area contributed by atoms with E-state index in [0.717, 1.165) is 25.9 Å². The van der Waals surface area contributed by atoms with E-state index in [1.807, 2.05) is 11.0 Å². The normalized spacial score (nSPS) is 22.2. The number of aromatic nitrogens is 4. The Bertz CT molecular complexity index is 598. The lowest BCUT2D eigenvalue weighted by atomic mass is 9.76. The van der Waals surface area contributed by atoms with Crippen LogP contribution >= 0.6 is 0 Å². The molecule has 0 aliphatic carbocycles. The highest BCUT2D eigenvalue weighted by atomic mass is 16.2. The summed E-state index contributed by atoms with van der Waals surface area (Å²) in [4.78, 5) is 14.3. The molecule has 6 nitrogen and oxygen atoms in total. The molecule has 1 aliphatic heterocycles. The number of carbonyl (C=O) groups excluding carboxylic acids is 1. The highest BCUT2D eigenvalue weighted by Gasteiger charge is 2.34. The van der Waals surface area contributed by atoms with Gasteiger partial charge < -0.3 is 4.90 Å². The quantitative estimate of drug-likeness (QED) is 0.851. The van der Waals surface area contributed by atoms with Crippen LogP contribution in [0.1, 0.15) is 25.3 Å². The van der Waals surface area contributed by atoms with Crippen molar-refractivity contribution in [2.75, 3.05) is 13.1 Å². The van der Waals surface area contributed by atoms with Crippen molar-refractivity contribution in [1.82, 2.24) is 25.1 Å². The molecule has 0 saturated carbocycles. The number of nitrogens with zero attached hydrogens (tertiary/aromatic N) is 5. The number of tetrazole rings is 1. The number of piperidine rings is 1. The predicted octanol–water partition coefficient (Wildman–Crippen LogP) is 1.25. The molecule has 0 N–H and O–H groups in total. The molecule has 21 heavy (non-hydrogen) atoms. The summed E-state index contributed by atoms with van der Waals surface area (Å²) in [6.45, 7) is 4.00. The van der Waals surface area contributed by atoms with Crippen LogP contribution in [0.4, 0.5) is 0 Å². The summed E-state index contributed by atoms with van der Waals surface area (Å²) in [6.07, 6.45) is 3.59. The third-order valence-corrected chi connectivity index (χ3v) is 4.21. The largest absolute Gasteiger partial charge is 0.340 e. The van der Waals surface area contributed by atoms with Crippen LogP contribution in [0.3, 0.4) is 0 Å². The molecule has 1 fully saturated rings. The van der Waals surface area contributed by atoms with E-state index in [-0.39, 0.29) is 17.9 Å². The molecule has 2 aromatic rings. The first-order chi connectivity index (χ1) is 10.2. The molecule has 0 spiro atoms. The Hall–Kier alpha value is -2.24. The average Bonchev–Trinajstić information content (AvgIpc) is 3.01. The van der Waals surface area contributed by atoms with E-state index < -0.39 is 0 Å². The summed E-state index contributed by atoms with van der Waals surface area (Å²) in [5.41, 5.74) is 1.32. The molecule has 1 atom stereocenters. The van der Waals surface area contributed by atoms with Crippen LogP contribution in [0, 0.1) is 0 Å². The van der Waals surface area contributed by atoms with E-state index in [4.69, 9.17) is 0 Å². The van der Waals surface area contributed by atoms with Gasteiger partial charge in [0.15, 0.2) is 0 Å². The third-order valence-electron chi connectivity index (χ3n) is 4.21. The van der Waals surface area contributed by atoms with Crippen molar-refractivity contribution in [2.24, 2.45) is 0 Å².